The fourth-order valence-corrected chi connectivity index (χ4v) is 3.53. The second kappa shape index (κ2) is 6.98. The van der Waals surface area contributed by atoms with Crippen molar-refractivity contribution >= 4 is 23.1 Å². The Morgan fingerprint density at radius 2 is 1.72 bits per heavy atom. The second-order valence-electron chi connectivity index (χ2n) is 6.98. The largest absolute Gasteiger partial charge is 0.507 e. The molecule has 1 amide bonds. The first kappa shape index (κ1) is 18.6. The number of furan rings is 1. The number of aliphatic hydroxyl groups excluding tert-OH is 1. The number of rotatable bonds is 3. The summed E-state index contributed by atoms with van der Waals surface area (Å²) in [7, 11) is 0. The maximum absolute atomic E-state index is 13.0. The monoisotopic (exact) mass is 389 g/mol. The van der Waals surface area contributed by atoms with Gasteiger partial charge in [-0.3, -0.25) is 14.5 Å². The molecule has 3 aromatic rings. The summed E-state index contributed by atoms with van der Waals surface area (Å²) in [6.45, 7) is 3.56. The molecule has 0 aliphatic carbocycles. The van der Waals surface area contributed by atoms with Gasteiger partial charge in [-0.1, -0.05) is 36.4 Å². The average Bonchev–Trinajstić information content (AvgIpc) is 3.25. The zero-order valence-corrected chi connectivity index (χ0v) is 15.9. The van der Waals surface area contributed by atoms with Gasteiger partial charge in [-0.2, -0.15) is 0 Å². The second-order valence-corrected chi connectivity index (χ2v) is 6.98. The molecule has 1 fully saturated rings. The number of phenols is 1. The van der Waals surface area contributed by atoms with Crippen molar-refractivity contribution in [2.75, 3.05) is 4.90 Å². The minimum atomic E-state index is -1.00. The molecule has 29 heavy (non-hydrogen) atoms. The minimum absolute atomic E-state index is 0.0866. The van der Waals surface area contributed by atoms with E-state index < -0.39 is 17.7 Å². The van der Waals surface area contributed by atoms with Gasteiger partial charge in [0, 0.05) is 5.56 Å². The molecule has 1 unspecified atom stereocenters. The Kier molecular flexibility index (Phi) is 4.47. The van der Waals surface area contributed by atoms with Gasteiger partial charge in [-0.05, 0) is 43.7 Å². The normalized spacial score (nSPS) is 18.4. The molecule has 1 atom stereocenters. The van der Waals surface area contributed by atoms with E-state index in [9.17, 15) is 19.8 Å². The van der Waals surface area contributed by atoms with Gasteiger partial charge in [-0.15, -0.1) is 0 Å². The number of carbonyl (C=O) groups excluding carboxylic acids is 2. The van der Waals surface area contributed by atoms with Crippen molar-refractivity contribution in [3.63, 3.8) is 0 Å². The number of aryl methyl sites for hydroxylation is 2. The maximum atomic E-state index is 13.0. The van der Waals surface area contributed by atoms with Crippen LogP contribution in [0.15, 0.2) is 70.7 Å². The van der Waals surface area contributed by atoms with Crippen LogP contribution in [0.3, 0.4) is 0 Å². The number of carbonyl (C=O) groups is 2. The first-order chi connectivity index (χ1) is 13.9. The summed E-state index contributed by atoms with van der Waals surface area (Å²) in [5.74, 6) is -1.21. The van der Waals surface area contributed by atoms with Gasteiger partial charge in [0.05, 0.1) is 11.3 Å². The van der Waals surface area contributed by atoms with E-state index in [0.29, 0.717) is 17.1 Å². The fraction of sp³-hybridized carbons (Fsp3) is 0.130. The van der Waals surface area contributed by atoms with Crippen LogP contribution in [-0.2, 0) is 9.59 Å². The van der Waals surface area contributed by atoms with E-state index in [1.54, 1.807) is 61.5 Å². The summed E-state index contributed by atoms with van der Waals surface area (Å²) in [5, 5.41) is 21.3. The molecule has 0 bridgehead atoms. The van der Waals surface area contributed by atoms with Gasteiger partial charge in [0.15, 0.2) is 0 Å². The third-order valence-electron chi connectivity index (χ3n) is 4.91. The Bertz CT molecular complexity index is 1140. The van der Waals surface area contributed by atoms with E-state index in [2.05, 4.69) is 0 Å². The van der Waals surface area contributed by atoms with Gasteiger partial charge in [0.1, 0.15) is 29.1 Å². The molecule has 0 saturated carbocycles. The summed E-state index contributed by atoms with van der Waals surface area (Å²) < 4.78 is 5.73. The summed E-state index contributed by atoms with van der Waals surface area (Å²) in [5.41, 5.74) is 1.30. The van der Waals surface area contributed by atoms with Gasteiger partial charge in [0.2, 0.25) is 0 Å². The molecule has 1 aliphatic heterocycles. The van der Waals surface area contributed by atoms with Crippen molar-refractivity contribution in [1.29, 1.82) is 0 Å². The smallest absolute Gasteiger partial charge is 0.300 e. The van der Waals surface area contributed by atoms with Crippen molar-refractivity contribution in [1.82, 2.24) is 0 Å². The molecule has 2 heterocycles. The highest BCUT2D eigenvalue weighted by atomic mass is 16.3. The van der Waals surface area contributed by atoms with Gasteiger partial charge in [-0.25, -0.2) is 0 Å². The number of amides is 1. The average molecular weight is 389 g/mol. The zero-order valence-electron chi connectivity index (χ0n) is 15.9. The molecule has 1 aromatic heterocycles. The quantitative estimate of drug-likeness (QED) is 0.397. The summed E-state index contributed by atoms with van der Waals surface area (Å²) in [6.07, 6.45) is 0. The number of hydrogen-bond acceptors (Lipinski definition) is 5. The van der Waals surface area contributed by atoms with E-state index in [1.165, 1.54) is 11.0 Å². The number of ketones is 1. The van der Waals surface area contributed by atoms with E-state index >= 15 is 0 Å². The molecule has 0 spiro atoms. The Balaban J connectivity index is 1.98. The number of hydrogen-bond donors (Lipinski definition) is 2. The van der Waals surface area contributed by atoms with Crippen molar-refractivity contribution in [2.24, 2.45) is 0 Å². The number of phenolic OH excluding ortho intramolecular Hbond substituents is 1. The SMILES string of the molecule is Cc1ccc(O)c(N2C(=O)C(=O)/C(=C(\O)c3ccccc3)C2c2ccc(C)o2)c1. The molecule has 2 N–H and O–H groups in total. The van der Waals surface area contributed by atoms with Crippen LogP contribution in [0, 0.1) is 13.8 Å². The van der Waals surface area contributed by atoms with Crippen LogP contribution >= 0.6 is 0 Å². The van der Waals surface area contributed by atoms with Crippen molar-refractivity contribution in [2.45, 2.75) is 19.9 Å². The van der Waals surface area contributed by atoms with Crippen LogP contribution in [0.2, 0.25) is 0 Å². The van der Waals surface area contributed by atoms with Crippen LogP contribution in [0.4, 0.5) is 5.69 Å². The van der Waals surface area contributed by atoms with Gasteiger partial charge in [0.25, 0.3) is 11.7 Å². The highest BCUT2D eigenvalue weighted by Crippen LogP contribution is 2.45. The lowest BCUT2D eigenvalue weighted by molar-refractivity contribution is -0.132. The van der Waals surface area contributed by atoms with Crippen molar-refractivity contribution in [3.05, 3.63) is 88.9 Å². The van der Waals surface area contributed by atoms with E-state index in [-0.39, 0.29) is 22.8 Å². The standard InChI is InChI=1S/C23H19NO5/c1-13-8-10-17(25)16(12-13)24-20(18-11-9-14(2)29-18)19(22(27)23(24)28)21(26)15-6-4-3-5-7-15/h3-12,20,25-26H,1-2H3/b21-19-. The lowest BCUT2D eigenvalue weighted by Gasteiger charge is -2.24. The van der Waals surface area contributed by atoms with Gasteiger partial charge >= 0.3 is 0 Å². The van der Waals surface area contributed by atoms with Crippen LogP contribution in [0.5, 0.6) is 5.75 Å². The molecule has 6 heteroatoms. The number of aliphatic hydroxyl groups is 1. The number of aromatic hydroxyl groups is 1. The van der Waals surface area contributed by atoms with E-state index in [4.69, 9.17) is 4.42 Å². The predicted molar refractivity (Wildman–Crippen MR) is 108 cm³/mol. The van der Waals surface area contributed by atoms with E-state index in [1.807, 2.05) is 6.92 Å². The Morgan fingerprint density at radius 1 is 1.00 bits per heavy atom. The molecule has 2 aromatic carbocycles. The molecule has 146 valence electrons. The Morgan fingerprint density at radius 3 is 2.38 bits per heavy atom. The maximum Gasteiger partial charge on any atom is 0.300 e. The van der Waals surface area contributed by atoms with Crippen molar-refractivity contribution in [3.8, 4) is 5.75 Å². The third-order valence-corrected chi connectivity index (χ3v) is 4.91. The Labute approximate surface area is 167 Å². The summed E-state index contributed by atoms with van der Waals surface area (Å²) in [4.78, 5) is 27.1. The first-order valence-corrected chi connectivity index (χ1v) is 9.11. The summed E-state index contributed by atoms with van der Waals surface area (Å²) in [6, 6.07) is 15.7. The third kappa shape index (κ3) is 3.08. The molecule has 6 nitrogen and oxygen atoms in total. The molecule has 0 radical (unpaired) electrons. The topological polar surface area (TPSA) is 91.0 Å². The first-order valence-electron chi connectivity index (χ1n) is 9.11. The summed E-state index contributed by atoms with van der Waals surface area (Å²) >= 11 is 0. The molecular formula is C23H19NO5. The van der Waals surface area contributed by atoms with Gasteiger partial charge < -0.3 is 14.6 Å². The number of Topliss-reactive ketones (excluding diaryl/α,β-unsaturated/α-hetero) is 1. The van der Waals surface area contributed by atoms with Crippen LogP contribution in [-0.4, -0.2) is 21.9 Å². The van der Waals surface area contributed by atoms with Crippen LogP contribution in [0.1, 0.15) is 28.7 Å². The van der Waals surface area contributed by atoms with E-state index in [0.717, 1.165) is 5.56 Å². The molecule has 1 saturated heterocycles. The lowest BCUT2D eigenvalue weighted by atomic mass is 9.99. The number of nitrogens with zero attached hydrogens (tertiary/aromatic N) is 1. The highest BCUT2D eigenvalue weighted by molar-refractivity contribution is 6.51. The van der Waals surface area contributed by atoms with Crippen LogP contribution in [0.25, 0.3) is 5.76 Å². The lowest BCUT2D eigenvalue weighted by Crippen LogP contribution is -2.29. The molecular weight excluding hydrogens is 370 g/mol. The van der Waals surface area contributed by atoms with Crippen LogP contribution < -0.4 is 4.90 Å². The fourth-order valence-electron chi connectivity index (χ4n) is 3.53. The predicted octanol–water partition coefficient (Wildman–Crippen LogP) is 4.23. The highest BCUT2D eigenvalue weighted by Gasteiger charge is 2.49. The molecule has 4 rings (SSSR count). The molecule has 1 aliphatic rings. The minimum Gasteiger partial charge on any atom is -0.507 e. The Hall–Kier alpha value is -3.80. The number of benzene rings is 2. The van der Waals surface area contributed by atoms with Crippen molar-refractivity contribution < 1.29 is 24.2 Å². The number of anilines is 1. The zero-order chi connectivity index (χ0) is 20.7.